The lowest BCUT2D eigenvalue weighted by atomic mass is 9.99. The van der Waals surface area contributed by atoms with E-state index in [4.69, 9.17) is 4.74 Å². The summed E-state index contributed by atoms with van der Waals surface area (Å²) in [5.41, 5.74) is -1.59. The van der Waals surface area contributed by atoms with E-state index in [0.29, 0.717) is 12.1 Å². The number of aryl methyl sites for hydroxylation is 1. The van der Waals surface area contributed by atoms with Crippen LogP contribution in [0.3, 0.4) is 0 Å². The third-order valence-corrected chi connectivity index (χ3v) is 3.95. The van der Waals surface area contributed by atoms with E-state index in [1.807, 2.05) is 0 Å². The molecule has 0 fully saturated rings. The summed E-state index contributed by atoms with van der Waals surface area (Å²) >= 11 is 0. The average molecular weight is 503 g/mol. The molecule has 34 heavy (non-hydrogen) atoms. The molecule has 0 aliphatic carbocycles. The minimum absolute atomic E-state index is 0.131. The summed E-state index contributed by atoms with van der Waals surface area (Å²) in [4.78, 5) is 37.8. The Morgan fingerprint density at radius 1 is 1.18 bits per heavy atom. The normalized spacial score (nSPS) is 16.4. The van der Waals surface area contributed by atoms with Gasteiger partial charge < -0.3 is 23.8 Å². The lowest BCUT2D eigenvalue weighted by Gasteiger charge is -2.29. The van der Waals surface area contributed by atoms with Crippen molar-refractivity contribution in [2.45, 2.75) is 45.2 Å². The summed E-state index contributed by atoms with van der Waals surface area (Å²) in [6.07, 6.45) is -14.8. The Kier molecular flexibility index (Phi) is 7.84. The number of fused-ring (bicyclic) bond motifs is 1. The topological polar surface area (TPSA) is 123 Å². The molecule has 0 radical (unpaired) electrons. The van der Waals surface area contributed by atoms with Crippen molar-refractivity contribution < 1.29 is 64.8 Å². The van der Waals surface area contributed by atoms with Gasteiger partial charge in [0, 0.05) is 12.5 Å². The molecule has 10 nitrogen and oxygen atoms in total. The highest BCUT2D eigenvalue weighted by Gasteiger charge is 2.49. The van der Waals surface area contributed by atoms with Crippen LogP contribution in [0.2, 0.25) is 0 Å². The number of carbonyl (C=O) groups is 2. The Balaban J connectivity index is 2.25. The summed E-state index contributed by atoms with van der Waals surface area (Å²) in [6, 6.07) is 1.52. The molecule has 0 aromatic heterocycles. The van der Waals surface area contributed by atoms with Crippen LogP contribution in [-0.2, 0) is 23.9 Å². The maximum absolute atomic E-state index is 13.5. The third kappa shape index (κ3) is 7.41. The van der Waals surface area contributed by atoms with E-state index in [-0.39, 0.29) is 11.1 Å². The van der Waals surface area contributed by atoms with Gasteiger partial charge in [0.2, 0.25) is 12.4 Å². The van der Waals surface area contributed by atoms with Gasteiger partial charge >= 0.3 is 24.5 Å². The average Bonchev–Trinajstić information content (AvgIpc) is 2.64. The zero-order valence-electron chi connectivity index (χ0n) is 17.2. The van der Waals surface area contributed by atoms with Crippen molar-refractivity contribution in [2.24, 2.45) is 0 Å². The van der Waals surface area contributed by atoms with E-state index >= 15 is 0 Å². The Bertz CT molecular complexity index is 989. The van der Waals surface area contributed by atoms with Gasteiger partial charge in [-0.2, -0.15) is 13.2 Å². The number of nitrogens with zero attached hydrogens (tertiary/aromatic N) is 1. The maximum atomic E-state index is 13.5. The van der Waals surface area contributed by atoms with Crippen LogP contribution in [0, 0.1) is 17.0 Å². The van der Waals surface area contributed by atoms with Crippen molar-refractivity contribution in [3.05, 3.63) is 38.9 Å². The molecule has 1 aromatic carbocycles. The smallest absolute Gasteiger partial charge is 0.475 e. The molecule has 0 amide bonds. The first-order valence-electron chi connectivity index (χ1n) is 9.10. The van der Waals surface area contributed by atoms with Crippen molar-refractivity contribution in [3.63, 3.8) is 0 Å². The van der Waals surface area contributed by atoms with Crippen LogP contribution in [0.25, 0.3) is 6.08 Å². The molecule has 0 N–H and O–H groups in total. The fraction of sp³-hybridized carbons (Fsp3) is 0.444. The van der Waals surface area contributed by atoms with Crippen molar-refractivity contribution in [1.29, 1.82) is 0 Å². The lowest BCUT2D eigenvalue weighted by molar-refractivity contribution is -0.757. The van der Waals surface area contributed by atoms with E-state index in [9.17, 15) is 46.0 Å². The minimum Gasteiger partial charge on any atom is -0.475 e. The van der Waals surface area contributed by atoms with Gasteiger partial charge in [-0.3, -0.25) is 4.79 Å². The highest BCUT2D eigenvalue weighted by atomic mass is 19.4. The Morgan fingerprint density at radius 2 is 1.82 bits per heavy atom. The zero-order chi connectivity index (χ0) is 25.8. The van der Waals surface area contributed by atoms with Gasteiger partial charge in [-0.15, -0.1) is 23.3 Å². The number of rotatable bonds is 8. The standard InChI is InChI=1S/C18H15F6NO9/c1-8-5-11(34-18(22,23)24)6-10-7-12(15(17(19,20)21)33-14(8)10)16(27)32-9(2)31-13(26)3-4-30-25(28)29/h5-7,9,15H,3-4H2,1-2H3/t9-,15?/m0/s1. The quantitative estimate of drug-likeness (QED) is 0.172. The van der Waals surface area contributed by atoms with Gasteiger partial charge in [-0.1, -0.05) is 0 Å². The highest BCUT2D eigenvalue weighted by Crippen LogP contribution is 2.41. The lowest BCUT2D eigenvalue weighted by Crippen LogP contribution is -2.41. The molecule has 0 saturated heterocycles. The third-order valence-electron chi connectivity index (χ3n) is 3.95. The van der Waals surface area contributed by atoms with E-state index in [0.717, 1.165) is 13.0 Å². The number of halogens is 6. The first-order valence-corrected chi connectivity index (χ1v) is 9.10. The Labute approximate surface area is 186 Å². The molecule has 188 valence electrons. The van der Waals surface area contributed by atoms with Gasteiger partial charge in [-0.25, -0.2) is 4.79 Å². The van der Waals surface area contributed by atoms with Crippen LogP contribution >= 0.6 is 0 Å². The largest absolute Gasteiger partial charge is 0.573 e. The Hall–Kier alpha value is -3.72. The molecule has 1 aliphatic heterocycles. The molecule has 0 spiro atoms. The fourth-order valence-corrected chi connectivity index (χ4v) is 2.75. The Morgan fingerprint density at radius 3 is 2.38 bits per heavy atom. The van der Waals surface area contributed by atoms with Crippen LogP contribution in [0.15, 0.2) is 17.7 Å². The van der Waals surface area contributed by atoms with Gasteiger partial charge in [0.15, 0.2) is 0 Å². The number of ether oxygens (including phenoxy) is 4. The second-order valence-electron chi connectivity index (χ2n) is 6.62. The molecule has 1 unspecified atom stereocenters. The monoisotopic (exact) mass is 503 g/mol. The fourth-order valence-electron chi connectivity index (χ4n) is 2.75. The number of carbonyl (C=O) groups excluding carboxylic acids is 2. The van der Waals surface area contributed by atoms with Gasteiger partial charge in [0.25, 0.3) is 5.09 Å². The SMILES string of the molecule is Cc1cc(OC(F)(F)F)cc2c1OC(C(F)(F)F)C(C(=O)O[C@@H](C)OC(=O)CCO[N+](=O)[O-])=C2. The predicted molar refractivity (Wildman–Crippen MR) is 95.5 cm³/mol. The van der Waals surface area contributed by atoms with E-state index in [2.05, 4.69) is 19.0 Å². The van der Waals surface area contributed by atoms with E-state index in [1.54, 1.807) is 0 Å². The minimum atomic E-state index is -5.13. The first kappa shape index (κ1) is 26.5. The molecular weight excluding hydrogens is 488 g/mol. The van der Waals surface area contributed by atoms with Crippen LogP contribution < -0.4 is 9.47 Å². The van der Waals surface area contributed by atoms with Crippen molar-refractivity contribution >= 4 is 18.0 Å². The van der Waals surface area contributed by atoms with Gasteiger partial charge in [-0.05, 0) is 30.7 Å². The molecule has 0 bridgehead atoms. The summed E-state index contributed by atoms with van der Waals surface area (Å²) in [6.45, 7) is 1.47. The summed E-state index contributed by atoms with van der Waals surface area (Å²) in [7, 11) is 0. The molecule has 16 heteroatoms. The van der Waals surface area contributed by atoms with Crippen LogP contribution in [0.4, 0.5) is 26.3 Å². The van der Waals surface area contributed by atoms with E-state index < -0.39 is 72.1 Å². The van der Waals surface area contributed by atoms with Crippen LogP contribution in [0.1, 0.15) is 24.5 Å². The van der Waals surface area contributed by atoms with Crippen molar-refractivity contribution in [1.82, 2.24) is 0 Å². The first-order chi connectivity index (χ1) is 15.6. The molecule has 1 aromatic rings. The second-order valence-corrected chi connectivity index (χ2v) is 6.62. The number of benzene rings is 1. The highest BCUT2D eigenvalue weighted by molar-refractivity contribution is 5.96. The maximum Gasteiger partial charge on any atom is 0.573 e. The van der Waals surface area contributed by atoms with Crippen LogP contribution in [-0.4, -0.2) is 48.6 Å². The summed E-state index contributed by atoms with van der Waals surface area (Å²) in [5, 5.41) is 8.85. The predicted octanol–water partition coefficient (Wildman–Crippen LogP) is 3.63. The zero-order valence-corrected chi connectivity index (χ0v) is 17.2. The molecule has 1 heterocycles. The molecule has 2 rings (SSSR count). The van der Waals surface area contributed by atoms with Gasteiger partial charge in [0.05, 0.1) is 12.0 Å². The number of hydrogen-bond donors (Lipinski definition) is 0. The second kappa shape index (κ2) is 10.0. The molecule has 0 saturated carbocycles. The number of alkyl halides is 6. The summed E-state index contributed by atoms with van der Waals surface area (Å²) in [5.74, 6) is -3.97. The number of hydrogen-bond acceptors (Lipinski definition) is 9. The number of esters is 2. The molecular formula is C18H15F6NO9. The molecule has 1 aliphatic rings. The van der Waals surface area contributed by atoms with Crippen molar-refractivity contribution in [2.75, 3.05) is 6.61 Å². The van der Waals surface area contributed by atoms with Gasteiger partial charge in [0.1, 0.15) is 18.1 Å². The molecule has 2 atom stereocenters. The van der Waals surface area contributed by atoms with Crippen molar-refractivity contribution in [3.8, 4) is 11.5 Å². The van der Waals surface area contributed by atoms with Crippen LogP contribution in [0.5, 0.6) is 11.5 Å². The summed E-state index contributed by atoms with van der Waals surface area (Å²) < 4.78 is 96.0. The van der Waals surface area contributed by atoms with E-state index in [1.165, 1.54) is 6.92 Å².